The van der Waals surface area contributed by atoms with E-state index in [2.05, 4.69) is 37.8 Å². The minimum absolute atomic E-state index is 0.549. The van der Waals surface area contributed by atoms with Gasteiger partial charge in [-0.05, 0) is 30.2 Å². The van der Waals surface area contributed by atoms with Crippen molar-refractivity contribution < 1.29 is 0 Å². The lowest BCUT2D eigenvalue weighted by Gasteiger charge is -2.01. The van der Waals surface area contributed by atoms with Gasteiger partial charge in [-0.2, -0.15) is 0 Å². The van der Waals surface area contributed by atoms with Gasteiger partial charge in [0.15, 0.2) is 0 Å². The van der Waals surface area contributed by atoms with Crippen molar-refractivity contribution in [2.45, 2.75) is 13.8 Å². The van der Waals surface area contributed by atoms with Crippen molar-refractivity contribution in [1.82, 2.24) is 0 Å². The summed E-state index contributed by atoms with van der Waals surface area (Å²) in [6.45, 7) is 8.76. The van der Waals surface area contributed by atoms with Crippen molar-refractivity contribution in [2.24, 2.45) is 11.7 Å². The van der Waals surface area contributed by atoms with Gasteiger partial charge in [-0.1, -0.05) is 37.8 Å². The molecule has 0 aromatic heterocycles. The van der Waals surface area contributed by atoms with Crippen LogP contribution in [0.2, 0.25) is 0 Å². The van der Waals surface area contributed by atoms with Crippen LogP contribution in [-0.2, 0) is 0 Å². The number of hydrogen-bond donors (Lipinski definition) is 1. The highest BCUT2D eigenvalue weighted by Gasteiger charge is 2.21. The molecular weight excluding hydrogens is 158 g/mol. The Bertz CT molecular complexity index is 292. The number of rotatable bonds is 0. The maximum absolute atomic E-state index is 4.85. The first-order valence-electron chi connectivity index (χ1n) is 4.67. The van der Waals surface area contributed by atoms with Gasteiger partial charge in [0.25, 0.3) is 0 Å². The van der Waals surface area contributed by atoms with E-state index in [0.717, 1.165) is 6.54 Å². The lowest BCUT2D eigenvalue weighted by molar-refractivity contribution is 1.05. The highest BCUT2D eigenvalue weighted by molar-refractivity contribution is 5.57. The summed E-state index contributed by atoms with van der Waals surface area (Å²) >= 11 is 0. The van der Waals surface area contributed by atoms with E-state index < -0.39 is 0 Å². The molecular formula is C12H17N. The maximum atomic E-state index is 4.85. The van der Waals surface area contributed by atoms with Crippen LogP contribution < -0.4 is 5.73 Å². The SMILES string of the molecule is C=C1C=CC2C=CC(C)=C12.CCN. The van der Waals surface area contributed by atoms with E-state index in [1.165, 1.54) is 16.7 Å². The van der Waals surface area contributed by atoms with Crippen molar-refractivity contribution in [3.05, 3.63) is 47.6 Å². The molecule has 2 aliphatic rings. The highest BCUT2D eigenvalue weighted by atomic mass is 14.5. The fourth-order valence-electron chi connectivity index (χ4n) is 1.63. The Hall–Kier alpha value is -1.08. The van der Waals surface area contributed by atoms with Crippen LogP contribution in [0.3, 0.4) is 0 Å². The molecule has 13 heavy (non-hydrogen) atoms. The van der Waals surface area contributed by atoms with Crippen molar-refractivity contribution in [3.63, 3.8) is 0 Å². The molecule has 0 radical (unpaired) electrons. The molecule has 0 bridgehead atoms. The maximum Gasteiger partial charge on any atom is 0.0213 e. The van der Waals surface area contributed by atoms with Gasteiger partial charge in [-0.3, -0.25) is 0 Å². The van der Waals surface area contributed by atoms with Crippen LogP contribution in [0.5, 0.6) is 0 Å². The normalized spacial score (nSPS) is 23.3. The van der Waals surface area contributed by atoms with Gasteiger partial charge in [-0.25, -0.2) is 0 Å². The number of hydrogen-bond acceptors (Lipinski definition) is 1. The fourth-order valence-corrected chi connectivity index (χ4v) is 1.63. The first kappa shape index (κ1) is 10.0. The molecule has 1 nitrogen and oxygen atoms in total. The second-order valence-electron chi connectivity index (χ2n) is 3.27. The predicted octanol–water partition coefficient (Wildman–Crippen LogP) is 2.58. The molecule has 0 spiro atoms. The molecule has 1 unspecified atom stereocenters. The fraction of sp³-hybridized carbons (Fsp3) is 0.333. The first-order chi connectivity index (χ1) is 6.20. The summed E-state index contributed by atoms with van der Waals surface area (Å²) in [5.41, 5.74) is 8.83. The molecule has 0 aromatic carbocycles. The van der Waals surface area contributed by atoms with Crippen LogP contribution in [0.1, 0.15) is 13.8 Å². The van der Waals surface area contributed by atoms with Crippen LogP contribution in [0.4, 0.5) is 0 Å². The number of nitrogens with two attached hydrogens (primary N) is 1. The smallest absolute Gasteiger partial charge is 0.0213 e. The van der Waals surface area contributed by atoms with Crippen molar-refractivity contribution in [3.8, 4) is 0 Å². The minimum atomic E-state index is 0.549. The van der Waals surface area contributed by atoms with E-state index in [1.54, 1.807) is 0 Å². The Morgan fingerprint density at radius 3 is 2.46 bits per heavy atom. The monoisotopic (exact) mass is 175 g/mol. The quantitative estimate of drug-likeness (QED) is 0.601. The summed E-state index contributed by atoms with van der Waals surface area (Å²) < 4.78 is 0. The van der Waals surface area contributed by atoms with E-state index in [4.69, 9.17) is 5.73 Å². The molecule has 0 amide bonds. The lowest BCUT2D eigenvalue weighted by Crippen LogP contribution is -1.88. The summed E-state index contributed by atoms with van der Waals surface area (Å²) in [5.74, 6) is 0.549. The zero-order chi connectivity index (χ0) is 9.84. The van der Waals surface area contributed by atoms with E-state index in [9.17, 15) is 0 Å². The molecule has 0 saturated carbocycles. The van der Waals surface area contributed by atoms with Crippen LogP contribution in [-0.4, -0.2) is 6.54 Å². The zero-order valence-electron chi connectivity index (χ0n) is 8.38. The second-order valence-corrected chi connectivity index (χ2v) is 3.27. The summed E-state index contributed by atoms with van der Waals surface area (Å²) in [5, 5.41) is 0. The van der Waals surface area contributed by atoms with Crippen LogP contribution in [0, 0.1) is 5.92 Å². The van der Waals surface area contributed by atoms with Gasteiger partial charge in [0.05, 0.1) is 0 Å². The molecule has 0 saturated heterocycles. The van der Waals surface area contributed by atoms with Crippen molar-refractivity contribution >= 4 is 0 Å². The lowest BCUT2D eigenvalue weighted by atomic mass is 10.0. The average Bonchev–Trinajstić information content (AvgIpc) is 2.60. The molecule has 2 N–H and O–H groups in total. The molecule has 70 valence electrons. The Labute approximate surface area is 80.3 Å². The third-order valence-electron chi connectivity index (χ3n) is 2.16. The molecule has 0 aliphatic heterocycles. The standard InChI is InChI=1S/C10H10.C2H7N/c1-7-3-5-9-6-4-8(2)10(7)9;1-2-3/h3-6,9H,1H2,2H3;2-3H2,1H3. The van der Waals surface area contributed by atoms with E-state index in [1.807, 2.05) is 6.92 Å². The van der Waals surface area contributed by atoms with E-state index in [-0.39, 0.29) is 0 Å². The average molecular weight is 175 g/mol. The number of fused-ring (bicyclic) bond motifs is 1. The molecule has 1 atom stereocenters. The summed E-state index contributed by atoms with van der Waals surface area (Å²) in [6, 6.07) is 0. The van der Waals surface area contributed by atoms with Crippen LogP contribution in [0.15, 0.2) is 47.6 Å². The first-order valence-corrected chi connectivity index (χ1v) is 4.67. The Morgan fingerprint density at radius 2 is 1.92 bits per heavy atom. The molecule has 2 aliphatic carbocycles. The Morgan fingerprint density at radius 1 is 1.38 bits per heavy atom. The molecule has 0 heterocycles. The van der Waals surface area contributed by atoms with Crippen LogP contribution in [0.25, 0.3) is 0 Å². The number of allylic oxidation sites excluding steroid dienone is 7. The Kier molecular flexibility index (Phi) is 3.26. The van der Waals surface area contributed by atoms with Crippen LogP contribution >= 0.6 is 0 Å². The highest BCUT2D eigenvalue weighted by Crippen LogP contribution is 2.36. The van der Waals surface area contributed by atoms with Gasteiger partial charge in [-0.15, -0.1) is 0 Å². The van der Waals surface area contributed by atoms with E-state index >= 15 is 0 Å². The topological polar surface area (TPSA) is 26.0 Å². The molecule has 0 fully saturated rings. The molecule has 0 aromatic rings. The van der Waals surface area contributed by atoms with E-state index in [0.29, 0.717) is 5.92 Å². The third-order valence-corrected chi connectivity index (χ3v) is 2.16. The van der Waals surface area contributed by atoms with Gasteiger partial charge in [0.1, 0.15) is 0 Å². The summed E-state index contributed by atoms with van der Waals surface area (Å²) in [4.78, 5) is 0. The van der Waals surface area contributed by atoms with Gasteiger partial charge < -0.3 is 5.73 Å². The van der Waals surface area contributed by atoms with Crippen molar-refractivity contribution in [1.29, 1.82) is 0 Å². The Balaban J connectivity index is 0.000000251. The molecule has 1 heteroatoms. The predicted molar refractivity (Wildman–Crippen MR) is 58.3 cm³/mol. The second kappa shape index (κ2) is 4.24. The van der Waals surface area contributed by atoms with Gasteiger partial charge in [0.2, 0.25) is 0 Å². The van der Waals surface area contributed by atoms with Gasteiger partial charge >= 0.3 is 0 Å². The summed E-state index contributed by atoms with van der Waals surface area (Å²) in [6.07, 6.45) is 8.70. The zero-order valence-corrected chi connectivity index (χ0v) is 8.38. The third kappa shape index (κ3) is 1.99. The molecule has 2 rings (SSSR count). The van der Waals surface area contributed by atoms with Crippen molar-refractivity contribution in [2.75, 3.05) is 6.54 Å². The van der Waals surface area contributed by atoms with Gasteiger partial charge in [0, 0.05) is 5.92 Å². The summed E-state index contributed by atoms with van der Waals surface area (Å²) in [7, 11) is 0. The minimum Gasteiger partial charge on any atom is -0.331 e. The largest absolute Gasteiger partial charge is 0.331 e.